The van der Waals surface area contributed by atoms with Gasteiger partial charge in [0.05, 0.1) is 12.2 Å². The minimum absolute atomic E-state index is 0.0191. The Balaban J connectivity index is 1.49. The molecule has 0 spiro atoms. The minimum Gasteiger partial charge on any atom is -0.332 e. The first kappa shape index (κ1) is 15.5. The van der Waals surface area contributed by atoms with Gasteiger partial charge in [0.1, 0.15) is 0 Å². The van der Waals surface area contributed by atoms with Crippen LogP contribution in [0.3, 0.4) is 0 Å². The molecule has 0 unspecified atom stereocenters. The predicted octanol–water partition coefficient (Wildman–Crippen LogP) is 3.16. The quantitative estimate of drug-likeness (QED) is 0.943. The van der Waals surface area contributed by atoms with E-state index in [1.807, 2.05) is 30.0 Å². The summed E-state index contributed by atoms with van der Waals surface area (Å²) in [5, 5.41) is 2.99. The molecular weight excluding hydrogens is 286 g/mol. The fourth-order valence-corrected chi connectivity index (χ4v) is 3.11. The number of amides is 2. The second-order valence-electron chi connectivity index (χ2n) is 6.22. The first-order chi connectivity index (χ1) is 11.2. The van der Waals surface area contributed by atoms with E-state index in [2.05, 4.69) is 34.6 Å². The molecule has 4 nitrogen and oxygen atoms in total. The molecule has 3 rings (SSSR count). The lowest BCUT2D eigenvalue weighted by atomic mass is 9.99. The van der Waals surface area contributed by atoms with Gasteiger partial charge >= 0.3 is 6.03 Å². The van der Waals surface area contributed by atoms with Crippen LogP contribution in [0.5, 0.6) is 0 Å². The topological polar surface area (TPSA) is 45.2 Å². The number of aromatic nitrogens is 1. The summed E-state index contributed by atoms with van der Waals surface area (Å²) < 4.78 is 0. The van der Waals surface area contributed by atoms with Crippen molar-refractivity contribution in [1.82, 2.24) is 15.2 Å². The lowest BCUT2D eigenvalue weighted by molar-refractivity contribution is 0.206. The fraction of sp³-hybridized carbons (Fsp3) is 0.368. The van der Waals surface area contributed by atoms with Gasteiger partial charge < -0.3 is 10.2 Å². The molecule has 1 aliphatic rings. The van der Waals surface area contributed by atoms with E-state index >= 15 is 0 Å². The van der Waals surface area contributed by atoms with Crippen LogP contribution in [0.25, 0.3) is 0 Å². The molecule has 1 aromatic carbocycles. The molecule has 0 aliphatic carbocycles. The third-order valence-electron chi connectivity index (χ3n) is 4.47. The van der Waals surface area contributed by atoms with E-state index in [9.17, 15) is 4.79 Å². The van der Waals surface area contributed by atoms with Gasteiger partial charge in [-0.3, -0.25) is 4.98 Å². The Hall–Kier alpha value is -2.36. The Labute approximate surface area is 137 Å². The normalized spacial score (nSPS) is 17.3. The summed E-state index contributed by atoms with van der Waals surface area (Å²) in [6.45, 7) is 4.18. The molecular formula is C19H23N3O. The van der Waals surface area contributed by atoms with Crippen molar-refractivity contribution in [2.24, 2.45) is 5.92 Å². The van der Waals surface area contributed by atoms with Crippen molar-refractivity contribution in [3.63, 3.8) is 0 Å². The van der Waals surface area contributed by atoms with Crippen molar-refractivity contribution in [3.8, 4) is 0 Å². The van der Waals surface area contributed by atoms with Gasteiger partial charge in [-0.1, -0.05) is 36.4 Å². The first-order valence-electron chi connectivity index (χ1n) is 8.19. The third-order valence-corrected chi connectivity index (χ3v) is 4.47. The molecule has 120 valence electrons. The largest absolute Gasteiger partial charge is 0.332 e. The van der Waals surface area contributed by atoms with Crippen molar-refractivity contribution in [3.05, 3.63) is 65.5 Å². The van der Waals surface area contributed by atoms with Gasteiger partial charge in [0, 0.05) is 19.3 Å². The highest BCUT2D eigenvalue weighted by atomic mass is 16.2. The molecule has 23 heavy (non-hydrogen) atoms. The number of nitrogens with one attached hydrogen (secondary N) is 1. The molecule has 1 fully saturated rings. The summed E-state index contributed by atoms with van der Waals surface area (Å²) >= 11 is 0. The first-order valence-corrected chi connectivity index (χ1v) is 8.19. The Morgan fingerprint density at radius 1 is 1.26 bits per heavy atom. The zero-order valence-corrected chi connectivity index (χ0v) is 13.5. The second kappa shape index (κ2) is 7.27. The number of hydrogen-bond donors (Lipinski definition) is 1. The van der Waals surface area contributed by atoms with Crippen LogP contribution in [-0.4, -0.2) is 29.0 Å². The molecule has 2 heterocycles. The summed E-state index contributed by atoms with van der Waals surface area (Å²) in [5.74, 6) is 0.555. The van der Waals surface area contributed by atoms with E-state index in [4.69, 9.17) is 0 Å². The average Bonchev–Trinajstić information content (AvgIpc) is 3.03. The number of carbonyl (C=O) groups excluding carboxylic acids is 1. The standard InChI is InChI=1S/C19H23N3O/c1-15-6-5-10-20-18(15)13-21-19(23)22-11-9-17(14-22)12-16-7-3-2-4-8-16/h2-8,10,17H,9,11-14H2,1H3,(H,21,23)/t17-/m1/s1. The molecule has 2 amide bonds. The molecule has 4 heteroatoms. The fourth-order valence-electron chi connectivity index (χ4n) is 3.11. The number of likely N-dealkylation sites (tertiary alicyclic amines) is 1. The molecule has 1 N–H and O–H groups in total. The van der Waals surface area contributed by atoms with Crippen LogP contribution in [0, 0.1) is 12.8 Å². The van der Waals surface area contributed by atoms with Crippen LogP contribution in [0.1, 0.15) is 23.2 Å². The van der Waals surface area contributed by atoms with Gasteiger partial charge in [-0.15, -0.1) is 0 Å². The van der Waals surface area contributed by atoms with Crippen LogP contribution in [-0.2, 0) is 13.0 Å². The number of urea groups is 1. The third kappa shape index (κ3) is 4.09. The molecule has 1 atom stereocenters. The van der Waals surface area contributed by atoms with Gasteiger partial charge in [0.15, 0.2) is 0 Å². The number of benzene rings is 1. The van der Waals surface area contributed by atoms with Crippen molar-refractivity contribution < 1.29 is 4.79 Å². The molecule has 0 radical (unpaired) electrons. The maximum absolute atomic E-state index is 12.3. The Bertz CT molecular complexity index is 657. The molecule has 1 aromatic heterocycles. The van der Waals surface area contributed by atoms with Crippen molar-refractivity contribution in [2.45, 2.75) is 26.3 Å². The van der Waals surface area contributed by atoms with Crippen LogP contribution in [0.2, 0.25) is 0 Å². The molecule has 0 saturated carbocycles. The van der Waals surface area contributed by atoms with E-state index < -0.39 is 0 Å². The van der Waals surface area contributed by atoms with Gasteiger partial charge in [-0.25, -0.2) is 4.79 Å². The number of hydrogen-bond acceptors (Lipinski definition) is 2. The smallest absolute Gasteiger partial charge is 0.317 e. The zero-order valence-electron chi connectivity index (χ0n) is 13.5. The number of pyridine rings is 1. The second-order valence-corrected chi connectivity index (χ2v) is 6.22. The van der Waals surface area contributed by atoms with E-state index in [1.165, 1.54) is 5.56 Å². The van der Waals surface area contributed by atoms with Crippen LogP contribution < -0.4 is 5.32 Å². The summed E-state index contributed by atoms with van der Waals surface area (Å²) in [5.41, 5.74) is 3.39. The van der Waals surface area contributed by atoms with Crippen LogP contribution >= 0.6 is 0 Å². The summed E-state index contributed by atoms with van der Waals surface area (Å²) in [7, 11) is 0. The molecule has 1 saturated heterocycles. The number of carbonyl (C=O) groups is 1. The average molecular weight is 309 g/mol. The Morgan fingerprint density at radius 2 is 2.09 bits per heavy atom. The number of nitrogens with zero attached hydrogens (tertiary/aromatic N) is 2. The minimum atomic E-state index is 0.0191. The van der Waals surface area contributed by atoms with Crippen molar-refractivity contribution >= 4 is 6.03 Å². The number of aryl methyl sites for hydroxylation is 1. The van der Waals surface area contributed by atoms with Crippen molar-refractivity contribution in [1.29, 1.82) is 0 Å². The lowest BCUT2D eigenvalue weighted by Crippen LogP contribution is -2.38. The summed E-state index contributed by atoms with van der Waals surface area (Å²) in [4.78, 5) is 18.6. The molecule has 0 bridgehead atoms. The van der Waals surface area contributed by atoms with E-state index in [-0.39, 0.29) is 6.03 Å². The van der Waals surface area contributed by atoms with Gasteiger partial charge in [0.25, 0.3) is 0 Å². The summed E-state index contributed by atoms with van der Waals surface area (Å²) in [6.07, 6.45) is 3.88. The Morgan fingerprint density at radius 3 is 2.87 bits per heavy atom. The predicted molar refractivity (Wildman–Crippen MR) is 91.0 cm³/mol. The SMILES string of the molecule is Cc1cccnc1CNC(=O)N1CC[C@H](Cc2ccccc2)C1. The lowest BCUT2D eigenvalue weighted by Gasteiger charge is -2.17. The molecule has 1 aliphatic heterocycles. The maximum atomic E-state index is 12.3. The van der Waals surface area contributed by atoms with Gasteiger partial charge in [0.2, 0.25) is 0 Å². The van der Waals surface area contributed by atoms with Crippen LogP contribution in [0.15, 0.2) is 48.7 Å². The van der Waals surface area contributed by atoms with E-state index in [0.717, 1.165) is 37.2 Å². The van der Waals surface area contributed by atoms with E-state index in [0.29, 0.717) is 12.5 Å². The van der Waals surface area contributed by atoms with Gasteiger partial charge in [-0.05, 0) is 42.9 Å². The monoisotopic (exact) mass is 309 g/mol. The van der Waals surface area contributed by atoms with Crippen molar-refractivity contribution in [2.75, 3.05) is 13.1 Å². The maximum Gasteiger partial charge on any atom is 0.317 e. The van der Waals surface area contributed by atoms with E-state index in [1.54, 1.807) is 6.20 Å². The zero-order chi connectivity index (χ0) is 16.1. The highest BCUT2D eigenvalue weighted by Crippen LogP contribution is 2.20. The molecule has 2 aromatic rings. The highest BCUT2D eigenvalue weighted by Gasteiger charge is 2.26. The number of rotatable bonds is 4. The Kier molecular flexibility index (Phi) is 4.91. The van der Waals surface area contributed by atoms with Gasteiger partial charge in [-0.2, -0.15) is 0 Å². The highest BCUT2D eigenvalue weighted by molar-refractivity contribution is 5.74. The van der Waals surface area contributed by atoms with Crippen LogP contribution in [0.4, 0.5) is 4.79 Å². The summed E-state index contributed by atoms with van der Waals surface area (Å²) in [6, 6.07) is 14.4.